The number of nitrogens with one attached hydrogen (secondary N) is 2. The highest BCUT2D eigenvalue weighted by Crippen LogP contribution is 2.18. The normalized spacial score (nSPS) is 14.7. The van der Waals surface area contributed by atoms with Gasteiger partial charge in [-0.3, -0.25) is 10.8 Å². The van der Waals surface area contributed by atoms with Crippen LogP contribution in [0.15, 0.2) is 24.3 Å². The lowest BCUT2D eigenvalue weighted by atomic mass is 9.97. The maximum atomic E-state index is 7.99. The Kier molecular flexibility index (Phi) is 11.5. The summed E-state index contributed by atoms with van der Waals surface area (Å²) in [4.78, 5) is 2.26. The molecule has 2 rings (SSSR count). The zero-order chi connectivity index (χ0) is 17.8. The van der Waals surface area contributed by atoms with Crippen LogP contribution in [0.5, 0.6) is 0 Å². The zero-order valence-corrected chi connectivity index (χ0v) is 16.3. The fraction of sp³-hybridized carbons (Fsp3) is 0.556. The van der Waals surface area contributed by atoms with Crippen molar-refractivity contribution >= 4 is 26.3 Å². The first-order chi connectivity index (χ1) is 11.1. The van der Waals surface area contributed by atoms with Gasteiger partial charge in [0.2, 0.25) is 5.90 Å². The molecule has 1 fully saturated rings. The molecule has 1 aromatic carbocycles. The summed E-state index contributed by atoms with van der Waals surface area (Å²) in [6.07, 6.45) is 1.88. The number of nitrogens with zero attached hydrogens (tertiary/aromatic N) is 1. The van der Waals surface area contributed by atoms with Gasteiger partial charge in [0, 0.05) is 11.5 Å². The van der Waals surface area contributed by atoms with Crippen LogP contribution in [0.25, 0.3) is 0 Å². The maximum absolute atomic E-state index is 7.99. The Bertz CT molecular complexity index is 466. The van der Waals surface area contributed by atoms with Gasteiger partial charge in [-0.15, -0.1) is 9.24 Å². The van der Waals surface area contributed by atoms with Crippen molar-refractivity contribution in [3.05, 3.63) is 29.8 Å². The molecule has 130 valence electrons. The number of benzene rings is 1. The summed E-state index contributed by atoms with van der Waals surface area (Å²) in [6.45, 7) is 9.98. The zero-order valence-electron chi connectivity index (χ0n) is 15.1. The van der Waals surface area contributed by atoms with Crippen molar-refractivity contribution in [3.63, 3.8) is 0 Å². The van der Waals surface area contributed by atoms with Gasteiger partial charge in [-0.05, 0) is 50.4 Å². The second-order valence-electron chi connectivity index (χ2n) is 4.99. The lowest BCUT2D eigenvalue weighted by molar-refractivity contribution is 0.240. The molecule has 1 atom stereocenters. The van der Waals surface area contributed by atoms with Crippen LogP contribution < -0.4 is 5.30 Å². The highest BCUT2D eigenvalue weighted by atomic mass is 31.0. The number of hydrogen-bond donors (Lipinski definition) is 2. The van der Waals surface area contributed by atoms with E-state index in [2.05, 4.69) is 21.2 Å². The van der Waals surface area contributed by atoms with Crippen molar-refractivity contribution in [2.75, 3.05) is 20.1 Å². The van der Waals surface area contributed by atoms with Gasteiger partial charge in [-0.2, -0.15) is 0 Å². The Morgan fingerprint density at radius 3 is 2.00 bits per heavy atom. The monoisotopic (exact) mass is 337 g/mol. The average Bonchev–Trinajstić information content (AvgIpc) is 2.59. The van der Waals surface area contributed by atoms with E-state index in [0.29, 0.717) is 5.56 Å². The molecule has 0 bridgehead atoms. The first-order valence-corrected chi connectivity index (χ1v) is 9.03. The number of likely N-dealkylation sites (tertiary alicyclic amines) is 1. The van der Waals surface area contributed by atoms with Crippen LogP contribution in [-0.2, 0) is 4.74 Å². The molecule has 0 amide bonds. The van der Waals surface area contributed by atoms with Crippen molar-refractivity contribution in [1.82, 2.24) is 4.90 Å². The third-order valence-corrected chi connectivity index (χ3v) is 3.86. The van der Waals surface area contributed by atoms with Gasteiger partial charge in [0.25, 0.3) is 0 Å². The molecular weight excluding hydrogens is 305 g/mol. The van der Waals surface area contributed by atoms with Gasteiger partial charge in [-0.25, -0.2) is 0 Å². The van der Waals surface area contributed by atoms with Gasteiger partial charge in [0.1, 0.15) is 0 Å². The summed E-state index contributed by atoms with van der Waals surface area (Å²) in [5.74, 6) is 0.444. The highest BCUT2D eigenvalue weighted by Gasteiger charge is 2.23. The topological polar surface area (TPSA) is 60.2 Å². The molecule has 1 aliphatic rings. The fourth-order valence-electron chi connectivity index (χ4n) is 2.16. The quantitative estimate of drug-likeness (QED) is 0.488. The van der Waals surface area contributed by atoms with Gasteiger partial charge in [0.15, 0.2) is 5.90 Å². The molecule has 1 heterocycles. The van der Waals surface area contributed by atoms with E-state index in [1.807, 2.05) is 52.0 Å². The summed E-state index contributed by atoms with van der Waals surface area (Å²) < 4.78 is 5.39. The van der Waals surface area contributed by atoms with Gasteiger partial charge < -0.3 is 9.64 Å². The smallest absolute Gasteiger partial charge is 0.220 e. The fourth-order valence-corrected chi connectivity index (χ4v) is 2.35. The summed E-state index contributed by atoms with van der Waals surface area (Å²) in [5, 5.41) is 17.0. The number of piperidine rings is 1. The van der Waals surface area contributed by atoms with Crippen LogP contribution in [0, 0.1) is 16.7 Å². The summed E-state index contributed by atoms with van der Waals surface area (Å²) in [7, 11) is 4.70. The molecule has 1 unspecified atom stereocenters. The Labute approximate surface area is 143 Å². The van der Waals surface area contributed by atoms with Crippen LogP contribution in [0.4, 0.5) is 0 Å². The summed E-state index contributed by atoms with van der Waals surface area (Å²) in [6, 6.07) is 7.51. The molecule has 0 aliphatic carbocycles. The Balaban J connectivity index is 0.00000112. The second-order valence-corrected chi connectivity index (χ2v) is 5.66. The van der Waals surface area contributed by atoms with E-state index in [4.69, 9.17) is 15.6 Å². The van der Waals surface area contributed by atoms with E-state index in [1.54, 1.807) is 0 Å². The van der Waals surface area contributed by atoms with Crippen molar-refractivity contribution in [1.29, 1.82) is 10.8 Å². The Hall–Kier alpha value is -1.25. The van der Waals surface area contributed by atoms with Crippen LogP contribution >= 0.6 is 9.24 Å². The van der Waals surface area contributed by atoms with E-state index in [9.17, 15) is 0 Å². The van der Waals surface area contributed by atoms with Crippen LogP contribution in [0.3, 0.4) is 0 Å². The van der Waals surface area contributed by atoms with Crippen LogP contribution in [-0.4, -0.2) is 36.8 Å². The van der Waals surface area contributed by atoms with Crippen LogP contribution in [0.2, 0.25) is 0 Å². The van der Waals surface area contributed by atoms with E-state index >= 15 is 0 Å². The number of ether oxygens (including phenoxy) is 1. The minimum Gasteiger partial charge on any atom is -0.425 e. The molecule has 1 aromatic rings. The molecule has 4 nitrogen and oxygen atoms in total. The van der Waals surface area contributed by atoms with E-state index < -0.39 is 0 Å². The van der Waals surface area contributed by atoms with Gasteiger partial charge in [-0.1, -0.05) is 39.8 Å². The highest BCUT2D eigenvalue weighted by molar-refractivity contribution is 7.27. The molecule has 1 saturated heterocycles. The molecule has 0 aromatic heterocycles. The standard InChI is InChI=1S/C14H20N3OP.2C2H6/c1-17-8-6-11(7-9-17)14(16)18-13(15)10-2-4-12(19)5-3-10;2*1-2/h2-5,11,15-16H,6-9,19H2,1H3;2*1-2H3. The predicted molar refractivity (Wildman–Crippen MR) is 104 cm³/mol. The molecule has 0 saturated carbocycles. The summed E-state index contributed by atoms with van der Waals surface area (Å²) in [5.41, 5.74) is 0.712. The maximum Gasteiger partial charge on any atom is 0.220 e. The lowest BCUT2D eigenvalue weighted by Crippen LogP contribution is -2.34. The van der Waals surface area contributed by atoms with Crippen molar-refractivity contribution in [2.24, 2.45) is 5.92 Å². The molecule has 23 heavy (non-hydrogen) atoms. The minimum atomic E-state index is 0.0638. The molecule has 1 aliphatic heterocycles. The second kappa shape index (κ2) is 12.2. The summed E-state index contributed by atoms with van der Waals surface area (Å²) >= 11 is 0. The van der Waals surface area contributed by atoms with E-state index in [0.717, 1.165) is 31.2 Å². The molecule has 0 radical (unpaired) electrons. The first kappa shape index (κ1) is 21.8. The van der Waals surface area contributed by atoms with E-state index in [-0.39, 0.29) is 17.7 Å². The largest absolute Gasteiger partial charge is 0.425 e. The van der Waals surface area contributed by atoms with Gasteiger partial charge >= 0.3 is 0 Å². The van der Waals surface area contributed by atoms with Crippen molar-refractivity contribution in [3.8, 4) is 0 Å². The molecular formula is C18H32N3OP. The van der Waals surface area contributed by atoms with Crippen molar-refractivity contribution in [2.45, 2.75) is 40.5 Å². The third-order valence-electron chi connectivity index (χ3n) is 3.47. The van der Waals surface area contributed by atoms with Crippen molar-refractivity contribution < 1.29 is 4.74 Å². The minimum absolute atomic E-state index is 0.0638. The van der Waals surface area contributed by atoms with Gasteiger partial charge in [0.05, 0.1) is 0 Å². The lowest BCUT2D eigenvalue weighted by Gasteiger charge is -2.28. The molecule has 2 N–H and O–H groups in total. The average molecular weight is 337 g/mol. The predicted octanol–water partition coefficient (Wildman–Crippen LogP) is 3.90. The SMILES string of the molecule is CC.CC.CN1CCC(C(=N)OC(=N)c2ccc(P)cc2)CC1. The third kappa shape index (κ3) is 7.71. The molecule has 0 spiro atoms. The number of hydrogen-bond acceptors (Lipinski definition) is 4. The Morgan fingerprint density at radius 1 is 1.04 bits per heavy atom. The van der Waals surface area contributed by atoms with Crippen LogP contribution in [0.1, 0.15) is 46.1 Å². The van der Waals surface area contributed by atoms with E-state index in [1.165, 1.54) is 0 Å². The first-order valence-electron chi connectivity index (χ1n) is 8.45. The number of rotatable bonds is 2. The molecule has 5 heteroatoms. The Morgan fingerprint density at radius 2 is 1.52 bits per heavy atom.